The summed E-state index contributed by atoms with van der Waals surface area (Å²) >= 11 is 0. The molecule has 0 unspecified atom stereocenters. The summed E-state index contributed by atoms with van der Waals surface area (Å²) in [6.45, 7) is 4.30. The second-order valence-corrected chi connectivity index (χ2v) is 7.32. The van der Waals surface area contributed by atoms with Crippen molar-refractivity contribution in [1.82, 2.24) is 0 Å². The van der Waals surface area contributed by atoms with Crippen LogP contribution in [0.4, 0.5) is 0 Å². The van der Waals surface area contributed by atoms with Crippen molar-refractivity contribution in [3.8, 4) is 0 Å². The Kier molecular flexibility index (Phi) is 7.18. The van der Waals surface area contributed by atoms with Crippen molar-refractivity contribution >= 4 is 5.97 Å². The first-order valence-corrected chi connectivity index (χ1v) is 8.52. The van der Waals surface area contributed by atoms with Gasteiger partial charge in [0.05, 0.1) is 32.1 Å². The molecule has 2 bridgehead atoms. The van der Waals surface area contributed by atoms with E-state index < -0.39 is 0 Å². The lowest BCUT2D eigenvalue weighted by Gasteiger charge is -2.44. The van der Waals surface area contributed by atoms with Crippen molar-refractivity contribution < 1.29 is 31.0 Å². The molecule has 0 radical (unpaired) electrons. The van der Waals surface area contributed by atoms with Crippen LogP contribution in [0.1, 0.15) is 65.2 Å². The fourth-order valence-electron chi connectivity index (χ4n) is 4.26. The molecule has 0 N–H and O–H groups in total. The van der Waals surface area contributed by atoms with Gasteiger partial charge in [0.25, 0.3) is 0 Å². The van der Waals surface area contributed by atoms with Gasteiger partial charge in [0, 0.05) is 25.7 Å². The summed E-state index contributed by atoms with van der Waals surface area (Å²) in [6.07, 6.45) is 9.03. The molecule has 2 aliphatic rings. The molecule has 21 heavy (non-hydrogen) atoms. The Morgan fingerprint density at radius 2 is 1.57 bits per heavy atom. The van der Waals surface area contributed by atoms with Crippen molar-refractivity contribution in [1.29, 1.82) is 0 Å². The number of hydrogen-bond donors (Lipinski definition) is 0. The number of hydrogen-bond acceptors (Lipinski definition) is 2. The summed E-state index contributed by atoms with van der Waals surface area (Å²) < 4.78 is 7.02. The van der Waals surface area contributed by atoms with Crippen LogP contribution in [0, 0.1) is 5.92 Å². The zero-order valence-corrected chi connectivity index (χ0v) is 15.7. The molecule has 2 heterocycles. The highest BCUT2D eigenvalue weighted by molar-refractivity contribution is 5.72. The minimum Gasteiger partial charge on any atom is -1.00 e. The standard InChI is InChI=1S/C17H32NO2.BrH/c1-5-7-13(8-6-2)17(19)20-16-11-14-9-10-15(12-16)18(14,3)4;/h13-16H,5-12H2,1-4H3;1H/q+1;/p-1/t14-,15-;/m1./s1. The average molecular weight is 362 g/mol. The third kappa shape index (κ3) is 4.22. The summed E-state index contributed by atoms with van der Waals surface area (Å²) in [7, 11) is 4.69. The van der Waals surface area contributed by atoms with E-state index in [1.807, 2.05) is 0 Å². The number of nitrogens with zero attached hydrogens (tertiary/aromatic N) is 1. The number of piperidine rings is 1. The number of esters is 1. The van der Waals surface area contributed by atoms with E-state index in [0.717, 1.165) is 43.0 Å². The number of halogens is 1. The van der Waals surface area contributed by atoms with Crippen LogP contribution in [0.25, 0.3) is 0 Å². The molecule has 0 aromatic carbocycles. The Morgan fingerprint density at radius 3 is 2.00 bits per heavy atom. The summed E-state index contributed by atoms with van der Waals surface area (Å²) in [5.74, 6) is 0.206. The van der Waals surface area contributed by atoms with E-state index in [4.69, 9.17) is 4.74 Å². The van der Waals surface area contributed by atoms with Gasteiger partial charge in [-0.15, -0.1) is 0 Å². The zero-order chi connectivity index (χ0) is 14.8. The normalized spacial score (nSPS) is 30.0. The molecule has 4 heteroatoms. The topological polar surface area (TPSA) is 26.3 Å². The van der Waals surface area contributed by atoms with Gasteiger partial charge >= 0.3 is 5.97 Å². The highest BCUT2D eigenvalue weighted by atomic mass is 79.9. The summed E-state index contributed by atoms with van der Waals surface area (Å²) in [6, 6.07) is 1.39. The van der Waals surface area contributed by atoms with Crippen LogP contribution in [0.2, 0.25) is 0 Å². The lowest BCUT2D eigenvalue weighted by atomic mass is 9.96. The number of quaternary nitrogens is 1. The van der Waals surface area contributed by atoms with Gasteiger partial charge in [-0.1, -0.05) is 26.7 Å². The Hall–Kier alpha value is -0.0900. The maximum atomic E-state index is 12.4. The molecule has 0 aromatic rings. The molecule has 0 aromatic heterocycles. The van der Waals surface area contributed by atoms with Crippen LogP contribution in [0.3, 0.4) is 0 Å². The van der Waals surface area contributed by atoms with Crippen LogP contribution >= 0.6 is 0 Å². The lowest BCUT2D eigenvalue weighted by Crippen LogP contribution is -3.00. The maximum absolute atomic E-state index is 12.4. The Morgan fingerprint density at radius 1 is 1.10 bits per heavy atom. The van der Waals surface area contributed by atoms with Crippen LogP contribution < -0.4 is 17.0 Å². The summed E-state index contributed by atoms with van der Waals surface area (Å²) in [5, 5.41) is 0. The SMILES string of the molecule is CCCC(CCC)C(=O)OC1C[C@H]2CC[C@H](C1)[N+]2(C)C.[Br-]. The van der Waals surface area contributed by atoms with Gasteiger partial charge < -0.3 is 26.2 Å². The fourth-order valence-corrected chi connectivity index (χ4v) is 4.26. The molecule has 3 nitrogen and oxygen atoms in total. The fraction of sp³-hybridized carbons (Fsp3) is 0.941. The third-order valence-corrected chi connectivity index (χ3v) is 5.68. The van der Waals surface area contributed by atoms with Crippen molar-refractivity contribution in [2.24, 2.45) is 5.92 Å². The lowest BCUT2D eigenvalue weighted by molar-refractivity contribution is -0.931. The van der Waals surface area contributed by atoms with Crippen LogP contribution in [-0.4, -0.2) is 42.7 Å². The minimum absolute atomic E-state index is 0. The van der Waals surface area contributed by atoms with Gasteiger partial charge in [-0.05, 0) is 12.8 Å². The number of carbonyl (C=O) groups excluding carboxylic acids is 1. The Balaban J connectivity index is 0.00000220. The van der Waals surface area contributed by atoms with E-state index in [1.54, 1.807) is 0 Å². The van der Waals surface area contributed by atoms with Gasteiger partial charge in [0.1, 0.15) is 6.10 Å². The molecule has 2 atom stereocenters. The summed E-state index contributed by atoms with van der Waals surface area (Å²) in [4.78, 5) is 12.4. The molecule has 0 saturated carbocycles. The van der Waals surface area contributed by atoms with E-state index in [-0.39, 0.29) is 35.0 Å². The molecule has 2 aliphatic heterocycles. The summed E-state index contributed by atoms with van der Waals surface area (Å²) in [5.41, 5.74) is 0. The molecular formula is C17H32BrNO2. The first-order valence-electron chi connectivity index (χ1n) is 8.52. The van der Waals surface area contributed by atoms with Crippen LogP contribution in [0.5, 0.6) is 0 Å². The molecule has 124 valence electrons. The third-order valence-electron chi connectivity index (χ3n) is 5.68. The van der Waals surface area contributed by atoms with Crippen LogP contribution in [0.15, 0.2) is 0 Å². The molecule has 2 saturated heterocycles. The van der Waals surface area contributed by atoms with E-state index in [2.05, 4.69) is 27.9 Å². The van der Waals surface area contributed by atoms with Gasteiger partial charge in [0.2, 0.25) is 0 Å². The highest BCUT2D eigenvalue weighted by Gasteiger charge is 2.50. The highest BCUT2D eigenvalue weighted by Crippen LogP contribution is 2.40. The maximum Gasteiger partial charge on any atom is 0.309 e. The zero-order valence-electron chi connectivity index (χ0n) is 14.1. The second kappa shape index (κ2) is 7.96. The first kappa shape index (κ1) is 19.0. The number of ether oxygens (including phenoxy) is 1. The average Bonchev–Trinajstić information content (AvgIpc) is 2.57. The van der Waals surface area contributed by atoms with E-state index in [1.165, 1.54) is 12.8 Å². The van der Waals surface area contributed by atoms with E-state index in [0.29, 0.717) is 12.1 Å². The smallest absolute Gasteiger partial charge is 0.309 e. The van der Waals surface area contributed by atoms with E-state index in [9.17, 15) is 4.79 Å². The number of fused-ring (bicyclic) bond motifs is 2. The Labute approximate surface area is 140 Å². The first-order chi connectivity index (χ1) is 9.48. The van der Waals surface area contributed by atoms with Gasteiger partial charge in [-0.2, -0.15) is 0 Å². The number of rotatable bonds is 6. The van der Waals surface area contributed by atoms with Crippen molar-refractivity contribution in [3.63, 3.8) is 0 Å². The molecule has 0 amide bonds. The molecule has 0 spiro atoms. The predicted octanol–water partition coefficient (Wildman–Crippen LogP) is 0.520. The second-order valence-electron chi connectivity index (χ2n) is 7.32. The largest absolute Gasteiger partial charge is 1.00 e. The van der Waals surface area contributed by atoms with Gasteiger partial charge in [0.15, 0.2) is 0 Å². The van der Waals surface area contributed by atoms with E-state index >= 15 is 0 Å². The molecule has 2 fully saturated rings. The van der Waals surface area contributed by atoms with Crippen molar-refractivity contribution in [2.75, 3.05) is 14.1 Å². The number of carbonyl (C=O) groups is 1. The van der Waals surface area contributed by atoms with Crippen molar-refractivity contribution in [2.45, 2.75) is 83.4 Å². The monoisotopic (exact) mass is 361 g/mol. The predicted molar refractivity (Wildman–Crippen MR) is 81.3 cm³/mol. The molecular weight excluding hydrogens is 330 g/mol. The van der Waals surface area contributed by atoms with Gasteiger partial charge in [-0.25, -0.2) is 0 Å². The quantitative estimate of drug-likeness (QED) is 0.509. The Bertz CT molecular complexity index is 324. The van der Waals surface area contributed by atoms with Crippen molar-refractivity contribution in [3.05, 3.63) is 0 Å². The van der Waals surface area contributed by atoms with Crippen LogP contribution in [-0.2, 0) is 9.53 Å². The van der Waals surface area contributed by atoms with Gasteiger partial charge in [-0.3, -0.25) is 4.79 Å². The molecule has 2 rings (SSSR count). The molecule has 0 aliphatic carbocycles. The minimum atomic E-state index is 0.